The van der Waals surface area contributed by atoms with Crippen LogP contribution in [-0.4, -0.2) is 24.3 Å². The van der Waals surface area contributed by atoms with Gasteiger partial charge in [0.25, 0.3) is 10.0 Å². The van der Waals surface area contributed by atoms with Crippen molar-refractivity contribution in [1.29, 1.82) is 0 Å². The molecule has 0 saturated carbocycles. The standard InChI is InChI=1S/C20H20N2O2S2/c1-2-17-7-8-19(25-17)26(23,24)22-14-11-15-5-3-4-6-18(15)20(22)16-9-12-21-13-10-16/h3-10,12-13,20H,2,11,14H2,1H3. The van der Waals surface area contributed by atoms with Crippen molar-refractivity contribution in [1.82, 2.24) is 9.29 Å². The summed E-state index contributed by atoms with van der Waals surface area (Å²) in [6.45, 7) is 2.52. The predicted molar refractivity (Wildman–Crippen MR) is 104 cm³/mol. The van der Waals surface area contributed by atoms with Crippen LogP contribution >= 0.6 is 11.3 Å². The minimum Gasteiger partial charge on any atom is -0.265 e. The smallest absolute Gasteiger partial charge is 0.253 e. The minimum atomic E-state index is -3.56. The number of rotatable bonds is 4. The van der Waals surface area contributed by atoms with E-state index in [1.807, 2.05) is 43.3 Å². The second-order valence-corrected chi connectivity index (χ2v) is 9.61. The largest absolute Gasteiger partial charge is 0.265 e. The number of sulfonamides is 1. The first kappa shape index (κ1) is 17.4. The lowest BCUT2D eigenvalue weighted by Crippen LogP contribution is -2.40. The molecule has 0 N–H and O–H groups in total. The molecule has 1 atom stereocenters. The first-order chi connectivity index (χ1) is 12.6. The number of aryl methyl sites for hydroxylation is 1. The highest BCUT2D eigenvalue weighted by molar-refractivity contribution is 7.91. The second-order valence-electron chi connectivity index (χ2n) is 6.32. The maximum atomic E-state index is 13.4. The molecule has 4 nitrogen and oxygen atoms in total. The maximum absolute atomic E-state index is 13.4. The van der Waals surface area contributed by atoms with Gasteiger partial charge in [-0.15, -0.1) is 11.3 Å². The summed E-state index contributed by atoms with van der Waals surface area (Å²) in [6, 6.07) is 15.3. The van der Waals surface area contributed by atoms with Gasteiger partial charge in [0.05, 0.1) is 6.04 Å². The number of hydrogen-bond acceptors (Lipinski definition) is 4. The zero-order chi connectivity index (χ0) is 18.1. The first-order valence-electron chi connectivity index (χ1n) is 8.69. The van der Waals surface area contributed by atoms with Crippen LogP contribution in [0, 0.1) is 0 Å². The first-order valence-corrected chi connectivity index (χ1v) is 10.9. The van der Waals surface area contributed by atoms with Gasteiger partial charge in [-0.2, -0.15) is 4.31 Å². The van der Waals surface area contributed by atoms with E-state index in [-0.39, 0.29) is 6.04 Å². The fraction of sp³-hybridized carbons (Fsp3) is 0.250. The SMILES string of the molecule is CCc1ccc(S(=O)(=O)N2CCc3ccccc3C2c2ccncc2)s1. The van der Waals surface area contributed by atoms with Gasteiger partial charge in [-0.25, -0.2) is 8.42 Å². The van der Waals surface area contributed by atoms with Gasteiger partial charge >= 0.3 is 0 Å². The van der Waals surface area contributed by atoms with Crippen LogP contribution in [0.15, 0.2) is 65.1 Å². The molecule has 0 saturated heterocycles. The Bertz CT molecular complexity index is 1010. The number of nitrogens with zero attached hydrogens (tertiary/aromatic N) is 2. The van der Waals surface area contributed by atoms with E-state index in [0.717, 1.165) is 28.8 Å². The molecule has 1 aromatic carbocycles. The van der Waals surface area contributed by atoms with E-state index >= 15 is 0 Å². The van der Waals surface area contributed by atoms with Crippen molar-refractivity contribution in [2.75, 3.05) is 6.54 Å². The number of hydrogen-bond donors (Lipinski definition) is 0. The third kappa shape index (κ3) is 2.98. The third-order valence-corrected chi connectivity index (χ3v) is 8.37. The Kier molecular flexibility index (Phi) is 4.65. The molecule has 1 aliphatic rings. The van der Waals surface area contributed by atoms with Crippen molar-refractivity contribution < 1.29 is 8.42 Å². The molecule has 6 heteroatoms. The summed E-state index contributed by atoms with van der Waals surface area (Å²) in [7, 11) is -3.56. The zero-order valence-electron chi connectivity index (χ0n) is 14.5. The lowest BCUT2D eigenvalue weighted by atomic mass is 9.90. The molecule has 0 aliphatic carbocycles. The minimum absolute atomic E-state index is 0.319. The van der Waals surface area contributed by atoms with E-state index < -0.39 is 10.0 Å². The van der Waals surface area contributed by atoms with Gasteiger partial charge < -0.3 is 0 Å². The van der Waals surface area contributed by atoms with Crippen LogP contribution in [0.5, 0.6) is 0 Å². The van der Waals surface area contributed by atoms with Gasteiger partial charge in [-0.1, -0.05) is 31.2 Å². The van der Waals surface area contributed by atoms with E-state index in [0.29, 0.717) is 10.8 Å². The van der Waals surface area contributed by atoms with E-state index in [9.17, 15) is 8.42 Å². The molecule has 1 unspecified atom stereocenters. The van der Waals surface area contributed by atoms with E-state index in [2.05, 4.69) is 11.1 Å². The lowest BCUT2D eigenvalue weighted by Gasteiger charge is -2.36. The van der Waals surface area contributed by atoms with Gasteiger partial charge in [0.15, 0.2) is 0 Å². The van der Waals surface area contributed by atoms with E-state index in [4.69, 9.17) is 0 Å². The highest BCUT2D eigenvalue weighted by Crippen LogP contribution is 2.39. The summed E-state index contributed by atoms with van der Waals surface area (Å²) >= 11 is 1.37. The van der Waals surface area contributed by atoms with Gasteiger partial charge in [0, 0.05) is 23.8 Å². The Labute approximate surface area is 158 Å². The van der Waals surface area contributed by atoms with Crippen molar-refractivity contribution in [3.8, 4) is 0 Å². The average molecular weight is 385 g/mol. The quantitative estimate of drug-likeness (QED) is 0.682. The summed E-state index contributed by atoms with van der Waals surface area (Å²) in [5.41, 5.74) is 3.21. The fourth-order valence-electron chi connectivity index (χ4n) is 3.50. The average Bonchev–Trinajstić information content (AvgIpc) is 3.18. The molecular formula is C20H20N2O2S2. The van der Waals surface area contributed by atoms with Crippen LogP contribution in [0.2, 0.25) is 0 Å². The topological polar surface area (TPSA) is 50.3 Å². The van der Waals surface area contributed by atoms with E-state index in [1.165, 1.54) is 16.9 Å². The lowest BCUT2D eigenvalue weighted by molar-refractivity contribution is 0.345. The maximum Gasteiger partial charge on any atom is 0.253 e. The predicted octanol–water partition coefficient (Wildman–Crippen LogP) is 4.04. The number of thiophene rings is 1. The van der Waals surface area contributed by atoms with Crippen molar-refractivity contribution in [3.63, 3.8) is 0 Å². The molecule has 0 amide bonds. The molecule has 1 aliphatic heterocycles. The Morgan fingerprint density at radius 2 is 1.88 bits per heavy atom. The second kappa shape index (κ2) is 6.95. The molecule has 0 fully saturated rings. The molecule has 0 spiro atoms. The van der Waals surface area contributed by atoms with Gasteiger partial charge in [0.2, 0.25) is 0 Å². The van der Waals surface area contributed by atoms with Crippen molar-refractivity contribution in [2.24, 2.45) is 0 Å². The number of benzene rings is 1. The number of pyridine rings is 1. The summed E-state index contributed by atoms with van der Waals surface area (Å²) in [5, 5.41) is 0. The Balaban J connectivity index is 1.84. The normalized spacial score (nSPS) is 17.8. The van der Waals surface area contributed by atoms with Crippen molar-refractivity contribution in [3.05, 3.63) is 82.5 Å². The monoisotopic (exact) mass is 384 g/mol. The fourth-order valence-corrected chi connectivity index (χ4v) is 6.52. The highest BCUT2D eigenvalue weighted by atomic mass is 32.2. The van der Waals surface area contributed by atoms with Crippen LogP contribution < -0.4 is 0 Å². The van der Waals surface area contributed by atoms with E-state index in [1.54, 1.807) is 22.8 Å². The number of aromatic nitrogens is 1. The molecule has 3 heterocycles. The number of fused-ring (bicyclic) bond motifs is 1. The summed E-state index contributed by atoms with van der Waals surface area (Å²) < 4.78 is 28.9. The molecule has 2 aromatic heterocycles. The molecule has 0 radical (unpaired) electrons. The van der Waals surface area contributed by atoms with Gasteiger partial charge in [-0.3, -0.25) is 4.98 Å². The zero-order valence-corrected chi connectivity index (χ0v) is 16.1. The van der Waals surface area contributed by atoms with Crippen LogP contribution in [0.3, 0.4) is 0 Å². The summed E-state index contributed by atoms with van der Waals surface area (Å²) in [5.74, 6) is 0. The Morgan fingerprint density at radius 1 is 1.12 bits per heavy atom. The molecule has 134 valence electrons. The Morgan fingerprint density at radius 3 is 2.62 bits per heavy atom. The summed E-state index contributed by atoms with van der Waals surface area (Å²) in [4.78, 5) is 5.17. The van der Waals surface area contributed by atoms with Gasteiger partial charge in [0.1, 0.15) is 4.21 Å². The van der Waals surface area contributed by atoms with Crippen LogP contribution in [0.4, 0.5) is 0 Å². The van der Waals surface area contributed by atoms with Crippen molar-refractivity contribution >= 4 is 21.4 Å². The molecule has 3 aromatic rings. The van der Waals surface area contributed by atoms with Crippen LogP contribution in [0.1, 0.15) is 34.5 Å². The highest BCUT2D eigenvalue weighted by Gasteiger charge is 2.37. The molecule has 4 rings (SSSR count). The molecule has 0 bridgehead atoms. The molecule has 26 heavy (non-hydrogen) atoms. The van der Waals surface area contributed by atoms with Gasteiger partial charge in [-0.05, 0) is 53.8 Å². The van der Waals surface area contributed by atoms with Crippen molar-refractivity contribution in [2.45, 2.75) is 30.0 Å². The Hall–Kier alpha value is -2.02. The molecular weight excluding hydrogens is 364 g/mol. The van der Waals surface area contributed by atoms with Crippen LogP contribution in [0.25, 0.3) is 0 Å². The summed E-state index contributed by atoms with van der Waals surface area (Å²) in [6.07, 6.45) is 5.01. The third-order valence-electron chi connectivity index (χ3n) is 4.81. The van der Waals surface area contributed by atoms with Crippen LogP contribution in [-0.2, 0) is 22.9 Å².